The summed E-state index contributed by atoms with van der Waals surface area (Å²) >= 11 is 0. The Morgan fingerprint density at radius 3 is 3.14 bits per heavy atom. The highest BCUT2D eigenvalue weighted by molar-refractivity contribution is 6.01. The van der Waals surface area contributed by atoms with Gasteiger partial charge in [0, 0.05) is 11.9 Å². The molecule has 0 aliphatic carbocycles. The molecule has 1 aliphatic rings. The van der Waals surface area contributed by atoms with Crippen LogP contribution in [0.3, 0.4) is 0 Å². The van der Waals surface area contributed by atoms with Gasteiger partial charge in [-0.15, -0.1) is 0 Å². The zero-order valence-corrected chi connectivity index (χ0v) is 11.4. The van der Waals surface area contributed by atoms with Crippen molar-refractivity contribution < 1.29 is 9.53 Å². The van der Waals surface area contributed by atoms with Gasteiger partial charge in [-0.05, 0) is 6.07 Å². The second kappa shape index (κ2) is 4.82. The van der Waals surface area contributed by atoms with E-state index in [9.17, 15) is 4.79 Å². The van der Waals surface area contributed by atoms with Crippen LogP contribution in [0.25, 0.3) is 21.9 Å². The summed E-state index contributed by atoms with van der Waals surface area (Å²) in [4.78, 5) is 25.8. The molecule has 1 fully saturated rings. The van der Waals surface area contributed by atoms with Crippen molar-refractivity contribution in [3.8, 4) is 0 Å². The quantitative estimate of drug-likeness (QED) is 0.772. The van der Waals surface area contributed by atoms with Gasteiger partial charge in [0.1, 0.15) is 12.4 Å². The number of fused-ring (bicyclic) bond motifs is 3. The van der Waals surface area contributed by atoms with Gasteiger partial charge in [0.05, 0.1) is 35.9 Å². The van der Waals surface area contributed by atoms with Crippen molar-refractivity contribution in [2.45, 2.75) is 6.54 Å². The minimum atomic E-state index is 0.00434. The fraction of sp³-hybridized carbons (Fsp3) is 0.267. The average molecular weight is 282 g/mol. The molecule has 4 rings (SSSR count). The molecule has 3 heterocycles. The minimum absolute atomic E-state index is 0.00434. The molecule has 21 heavy (non-hydrogen) atoms. The summed E-state index contributed by atoms with van der Waals surface area (Å²) in [7, 11) is 0. The van der Waals surface area contributed by atoms with Crippen molar-refractivity contribution in [3.05, 3.63) is 36.3 Å². The molecule has 0 radical (unpaired) electrons. The van der Waals surface area contributed by atoms with Crippen LogP contribution in [0.4, 0.5) is 0 Å². The Labute approximate surface area is 120 Å². The van der Waals surface area contributed by atoms with Crippen LogP contribution in [0.1, 0.15) is 5.82 Å². The normalized spacial score (nSPS) is 16.0. The molecule has 1 N–H and O–H groups in total. The molecule has 1 aliphatic heterocycles. The van der Waals surface area contributed by atoms with Gasteiger partial charge in [-0.3, -0.25) is 9.78 Å². The number of carbonyl (C=O) groups is 1. The Morgan fingerprint density at radius 1 is 1.33 bits per heavy atom. The Bertz CT molecular complexity index is 827. The number of aromatic nitrogens is 3. The zero-order chi connectivity index (χ0) is 14.2. The number of nitrogens with zero attached hydrogens (tertiary/aromatic N) is 3. The Balaban J connectivity index is 1.73. The number of rotatable bonds is 2. The number of amides is 1. The minimum Gasteiger partial charge on any atom is -0.370 e. The van der Waals surface area contributed by atoms with Gasteiger partial charge in [-0.25, -0.2) is 4.98 Å². The van der Waals surface area contributed by atoms with Gasteiger partial charge in [0.15, 0.2) is 0 Å². The molecule has 1 amide bonds. The first-order valence-corrected chi connectivity index (χ1v) is 6.89. The molecule has 0 spiro atoms. The predicted octanol–water partition coefficient (Wildman–Crippen LogP) is 1.47. The lowest BCUT2D eigenvalue weighted by molar-refractivity contribution is -0.143. The van der Waals surface area contributed by atoms with Crippen LogP contribution in [0.15, 0.2) is 30.5 Å². The van der Waals surface area contributed by atoms with E-state index in [-0.39, 0.29) is 12.5 Å². The molecule has 0 unspecified atom stereocenters. The Hall–Kier alpha value is -2.47. The van der Waals surface area contributed by atoms with Gasteiger partial charge < -0.3 is 14.6 Å². The smallest absolute Gasteiger partial charge is 0.249 e. The highest BCUT2D eigenvalue weighted by Gasteiger charge is 2.20. The van der Waals surface area contributed by atoms with Crippen LogP contribution in [-0.4, -0.2) is 45.5 Å². The summed E-state index contributed by atoms with van der Waals surface area (Å²) < 4.78 is 5.13. The van der Waals surface area contributed by atoms with E-state index in [0.29, 0.717) is 19.7 Å². The number of ether oxygens (including phenoxy) is 1. The van der Waals surface area contributed by atoms with Gasteiger partial charge in [0.2, 0.25) is 5.91 Å². The van der Waals surface area contributed by atoms with Gasteiger partial charge in [-0.2, -0.15) is 0 Å². The predicted molar refractivity (Wildman–Crippen MR) is 77.6 cm³/mol. The van der Waals surface area contributed by atoms with Gasteiger partial charge in [-0.1, -0.05) is 18.2 Å². The number of morpholine rings is 1. The van der Waals surface area contributed by atoms with E-state index in [1.54, 1.807) is 11.1 Å². The summed E-state index contributed by atoms with van der Waals surface area (Å²) in [6, 6.07) is 7.91. The van der Waals surface area contributed by atoms with E-state index >= 15 is 0 Å². The number of hydrogen-bond donors (Lipinski definition) is 1. The summed E-state index contributed by atoms with van der Waals surface area (Å²) in [6.07, 6.45) is 1.79. The fourth-order valence-electron chi connectivity index (χ4n) is 2.63. The maximum atomic E-state index is 11.8. The second-order valence-electron chi connectivity index (χ2n) is 5.09. The summed E-state index contributed by atoms with van der Waals surface area (Å²) in [5.74, 6) is 0.781. The number of hydrogen-bond acceptors (Lipinski definition) is 4. The third kappa shape index (κ3) is 2.13. The van der Waals surface area contributed by atoms with Crippen LogP contribution in [0.2, 0.25) is 0 Å². The molecule has 1 saturated heterocycles. The molecule has 106 valence electrons. The Kier molecular flexibility index (Phi) is 2.82. The van der Waals surface area contributed by atoms with E-state index in [0.717, 1.165) is 27.8 Å². The summed E-state index contributed by atoms with van der Waals surface area (Å²) in [6.45, 7) is 1.82. The van der Waals surface area contributed by atoms with Crippen molar-refractivity contribution >= 4 is 27.8 Å². The number of H-pyrrole nitrogens is 1. The summed E-state index contributed by atoms with van der Waals surface area (Å²) in [5, 5.41) is 1.02. The molecule has 6 nitrogen and oxygen atoms in total. The topological polar surface area (TPSA) is 71.1 Å². The van der Waals surface area contributed by atoms with Crippen LogP contribution in [0.5, 0.6) is 0 Å². The number of carbonyl (C=O) groups excluding carboxylic acids is 1. The maximum absolute atomic E-state index is 11.8. The molecule has 2 aromatic heterocycles. The molecule has 0 saturated carbocycles. The highest BCUT2D eigenvalue weighted by atomic mass is 16.5. The van der Waals surface area contributed by atoms with Crippen molar-refractivity contribution in [2.24, 2.45) is 0 Å². The van der Waals surface area contributed by atoms with Gasteiger partial charge >= 0.3 is 0 Å². The molecule has 3 aromatic rings. The molecule has 0 bridgehead atoms. The SMILES string of the molecule is O=C1COCCN1Cc1nc2c(cnc3ccccc32)[nH]1. The standard InChI is InChI=1S/C15H14N4O2/c20-14-9-21-6-5-19(14)8-13-17-12-7-16-11-4-2-1-3-10(11)15(12)18-13/h1-4,7H,5-6,8-9H2,(H,17,18). The number of pyridine rings is 1. The van der Waals surface area contributed by atoms with E-state index in [1.165, 1.54) is 0 Å². The van der Waals surface area contributed by atoms with Crippen LogP contribution >= 0.6 is 0 Å². The molecular formula is C15H14N4O2. The molecule has 0 atom stereocenters. The zero-order valence-electron chi connectivity index (χ0n) is 11.4. The van der Waals surface area contributed by atoms with Crippen molar-refractivity contribution in [2.75, 3.05) is 19.8 Å². The highest BCUT2D eigenvalue weighted by Crippen LogP contribution is 2.21. The van der Waals surface area contributed by atoms with Crippen LogP contribution in [-0.2, 0) is 16.1 Å². The number of benzene rings is 1. The number of imidazole rings is 1. The number of aromatic amines is 1. The third-order valence-electron chi connectivity index (χ3n) is 3.70. The second-order valence-corrected chi connectivity index (χ2v) is 5.09. The van der Waals surface area contributed by atoms with Gasteiger partial charge in [0.25, 0.3) is 0 Å². The first kappa shape index (κ1) is 12.3. The van der Waals surface area contributed by atoms with Crippen molar-refractivity contribution in [1.29, 1.82) is 0 Å². The lowest BCUT2D eigenvalue weighted by Crippen LogP contribution is -2.41. The monoisotopic (exact) mass is 282 g/mol. The Morgan fingerprint density at radius 2 is 2.24 bits per heavy atom. The van der Waals surface area contributed by atoms with Crippen LogP contribution < -0.4 is 0 Å². The maximum Gasteiger partial charge on any atom is 0.249 e. The lowest BCUT2D eigenvalue weighted by atomic mass is 10.2. The van der Waals surface area contributed by atoms with Crippen LogP contribution in [0, 0.1) is 0 Å². The van der Waals surface area contributed by atoms with E-state index in [4.69, 9.17) is 4.74 Å². The third-order valence-corrected chi connectivity index (χ3v) is 3.70. The molecular weight excluding hydrogens is 268 g/mol. The summed E-state index contributed by atoms with van der Waals surface area (Å²) in [5.41, 5.74) is 2.71. The average Bonchev–Trinajstić information content (AvgIpc) is 2.93. The first-order valence-electron chi connectivity index (χ1n) is 6.89. The van der Waals surface area contributed by atoms with Crippen molar-refractivity contribution in [1.82, 2.24) is 19.9 Å². The van der Waals surface area contributed by atoms with E-state index in [1.807, 2.05) is 24.3 Å². The lowest BCUT2D eigenvalue weighted by Gasteiger charge is -2.25. The van der Waals surface area contributed by atoms with Crippen molar-refractivity contribution in [3.63, 3.8) is 0 Å². The first-order chi connectivity index (χ1) is 10.3. The largest absolute Gasteiger partial charge is 0.370 e. The van der Waals surface area contributed by atoms with E-state index in [2.05, 4.69) is 15.0 Å². The number of nitrogens with one attached hydrogen (secondary N) is 1. The number of para-hydroxylation sites is 1. The molecule has 1 aromatic carbocycles. The fourth-order valence-corrected chi connectivity index (χ4v) is 2.63. The molecule has 6 heteroatoms. The van der Waals surface area contributed by atoms with E-state index < -0.39 is 0 Å².